The van der Waals surface area contributed by atoms with Gasteiger partial charge in [0.25, 0.3) is 0 Å². The number of aliphatic carboxylic acids is 1. The maximum atomic E-state index is 14.3. The third-order valence-electron chi connectivity index (χ3n) is 7.72. The summed E-state index contributed by atoms with van der Waals surface area (Å²) in [5.41, 5.74) is 0.375. The van der Waals surface area contributed by atoms with Crippen LogP contribution in [0, 0.1) is 5.41 Å². The number of likely N-dealkylation sites (tertiary alicyclic amines) is 1. The van der Waals surface area contributed by atoms with Crippen molar-refractivity contribution < 1.29 is 23.1 Å². The lowest BCUT2D eigenvalue weighted by molar-refractivity contribution is -0.160. The number of hydrogen-bond acceptors (Lipinski definition) is 5. The monoisotopic (exact) mass is 581 g/mol. The average Bonchev–Trinajstić information content (AvgIpc) is 3.70. The Hall–Kier alpha value is -2.20. The maximum absolute atomic E-state index is 14.3. The molecule has 0 spiro atoms. The molecule has 1 saturated heterocycles. The summed E-state index contributed by atoms with van der Waals surface area (Å²) < 4.78 is 27.4. The topological polar surface area (TPSA) is 108 Å². The van der Waals surface area contributed by atoms with Gasteiger partial charge in [-0.05, 0) is 55.0 Å². The van der Waals surface area contributed by atoms with Crippen molar-refractivity contribution in [2.45, 2.75) is 69.2 Å². The SMILES string of the molecule is CCC(CN(C)S(=O)(=O)C1CC1)N1C(=O)[C@@](C)(CC(=O)O)C[C@H](c2cncc(Cl)c2)[C@H]1c1ccc(Cl)cc1. The molecule has 2 aromatic rings. The zero-order valence-electron chi connectivity index (χ0n) is 21.7. The molecule has 1 aromatic carbocycles. The number of benzene rings is 1. The van der Waals surface area contributed by atoms with Crippen molar-refractivity contribution in [3.8, 4) is 0 Å². The van der Waals surface area contributed by atoms with Crippen molar-refractivity contribution in [2.24, 2.45) is 5.41 Å². The Kier molecular flexibility index (Phi) is 8.43. The molecule has 1 aromatic heterocycles. The van der Waals surface area contributed by atoms with E-state index in [-0.39, 0.29) is 36.5 Å². The number of aromatic nitrogens is 1. The van der Waals surface area contributed by atoms with E-state index in [1.807, 2.05) is 19.1 Å². The molecule has 1 aliphatic carbocycles. The van der Waals surface area contributed by atoms with Crippen LogP contribution in [0.4, 0.5) is 0 Å². The highest BCUT2D eigenvalue weighted by Gasteiger charge is 2.53. The number of rotatable bonds is 10. The van der Waals surface area contributed by atoms with Crippen LogP contribution in [0.3, 0.4) is 0 Å². The lowest BCUT2D eigenvalue weighted by Gasteiger charge is -2.52. The molecule has 1 saturated carbocycles. The lowest BCUT2D eigenvalue weighted by atomic mass is 9.67. The summed E-state index contributed by atoms with van der Waals surface area (Å²) in [6, 6.07) is 8.01. The van der Waals surface area contributed by atoms with Crippen LogP contribution >= 0.6 is 23.2 Å². The van der Waals surface area contributed by atoms with Gasteiger partial charge in [-0.1, -0.05) is 49.2 Å². The largest absolute Gasteiger partial charge is 0.481 e. The van der Waals surface area contributed by atoms with Crippen molar-refractivity contribution >= 4 is 45.1 Å². The number of halogens is 2. The summed E-state index contributed by atoms with van der Waals surface area (Å²) in [5, 5.41) is 10.4. The van der Waals surface area contributed by atoms with Gasteiger partial charge in [0, 0.05) is 43.0 Å². The van der Waals surface area contributed by atoms with Crippen LogP contribution in [-0.2, 0) is 19.6 Å². The molecule has 4 atom stereocenters. The Bertz CT molecular complexity index is 1300. The average molecular weight is 583 g/mol. The van der Waals surface area contributed by atoms with Crippen LogP contribution in [0.1, 0.15) is 69.0 Å². The van der Waals surface area contributed by atoms with Crippen LogP contribution in [0.5, 0.6) is 0 Å². The number of carbonyl (C=O) groups is 2. The van der Waals surface area contributed by atoms with Crippen LogP contribution in [0.2, 0.25) is 10.0 Å². The molecule has 0 bridgehead atoms. The summed E-state index contributed by atoms with van der Waals surface area (Å²) in [7, 11) is -1.93. The van der Waals surface area contributed by atoms with Crippen LogP contribution < -0.4 is 0 Å². The second kappa shape index (κ2) is 11.1. The Balaban J connectivity index is 1.86. The van der Waals surface area contributed by atoms with E-state index in [4.69, 9.17) is 23.2 Å². The number of carboxylic acids is 1. The highest BCUT2D eigenvalue weighted by atomic mass is 35.5. The number of piperidine rings is 1. The van der Waals surface area contributed by atoms with Gasteiger partial charge in [0.05, 0.1) is 28.2 Å². The van der Waals surface area contributed by atoms with Gasteiger partial charge in [-0.25, -0.2) is 12.7 Å². The molecular weight excluding hydrogens is 549 g/mol. The number of nitrogens with zero attached hydrogens (tertiary/aromatic N) is 3. The van der Waals surface area contributed by atoms with E-state index in [2.05, 4.69) is 4.98 Å². The van der Waals surface area contributed by atoms with Crippen LogP contribution in [0.15, 0.2) is 42.7 Å². The smallest absolute Gasteiger partial charge is 0.304 e. The first-order valence-electron chi connectivity index (χ1n) is 12.7. The number of hydrogen-bond donors (Lipinski definition) is 1. The van der Waals surface area contributed by atoms with E-state index < -0.39 is 33.5 Å². The minimum Gasteiger partial charge on any atom is -0.481 e. The summed E-state index contributed by atoms with van der Waals surface area (Å²) in [6.07, 6.45) is 4.88. The quantitative estimate of drug-likeness (QED) is 0.416. The standard InChI is InChI=1S/C27H33Cl2N3O5S/c1-4-21(16-31(3)38(36,37)22-9-10-22)32-25(17-5-7-19(28)8-6-17)23(18-11-20(29)15-30-14-18)12-27(2,26(32)35)13-24(33)34/h5-8,11,14-15,21-23,25H,4,9-10,12-13,16H2,1-3H3,(H,33,34)/t21?,23-,25-,27-/m1/s1. The summed E-state index contributed by atoms with van der Waals surface area (Å²) in [6.45, 7) is 3.69. The van der Waals surface area contributed by atoms with Crippen molar-refractivity contribution in [3.63, 3.8) is 0 Å². The summed E-state index contributed by atoms with van der Waals surface area (Å²) >= 11 is 12.5. The molecule has 8 nitrogen and oxygen atoms in total. The number of carboxylic acid groups (broad SMARTS) is 1. The highest BCUT2D eigenvalue weighted by Crippen LogP contribution is 2.52. The molecule has 1 amide bonds. The normalized spacial score (nSPS) is 25.0. The zero-order chi connectivity index (χ0) is 27.8. The molecule has 38 heavy (non-hydrogen) atoms. The molecule has 2 aliphatic rings. The van der Waals surface area contributed by atoms with Gasteiger partial charge < -0.3 is 10.0 Å². The van der Waals surface area contributed by atoms with Crippen molar-refractivity contribution in [1.82, 2.24) is 14.2 Å². The first kappa shape index (κ1) is 28.8. The second-order valence-electron chi connectivity index (χ2n) is 10.7. The van der Waals surface area contributed by atoms with E-state index in [0.29, 0.717) is 29.3 Å². The molecule has 11 heteroatoms. The molecule has 1 aliphatic heterocycles. The fourth-order valence-corrected chi connectivity index (χ4v) is 7.54. The zero-order valence-corrected chi connectivity index (χ0v) is 24.0. The lowest BCUT2D eigenvalue weighted by Crippen LogP contribution is -2.58. The molecular formula is C27H33Cl2N3O5S. The van der Waals surface area contributed by atoms with Crippen molar-refractivity contribution in [1.29, 1.82) is 0 Å². The van der Waals surface area contributed by atoms with E-state index in [1.54, 1.807) is 43.3 Å². The summed E-state index contributed by atoms with van der Waals surface area (Å²) in [4.78, 5) is 32.2. The van der Waals surface area contributed by atoms with Gasteiger partial charge in [-0.2, -0.15) is 0 Å². The van der Waals surface area contributed by atoms with Gasteiger partial charge in [0.2, 0.25) is 15.9 Å². The Morgan fingerprint density at radius 3 is 2.39 bits per heavy atom. The molecule has 1 unspecified atom stereocenters. The second-order valence-corrected chi connectivity index (χ2v) is 13.9. The number of likely N-dealkylation sites (N-methyl/N-ethyl adjacent to an activating group) is 1. The van der Waals surface area contributed by atoms with Gasteiger partial charge >= 0.3 is 5.97 Å². The van der Waals surface area contributed by atoms with Crippen LogP contribution in [0.25, 0.3) is 0 Å². The number of pyridine rings is 1. The molecule has 1 N–H and O–H groups in total. The first-order chi connectivity index (χ1) is 17.9. The first-order valence-corrected chi connectivity index (χ1v) is 15.0. The third kappa shape index (κ3) is 5.86. The fraction of sp³-hybridized carbons (Fsp3) is 0.519. The van der Waals surface area contributed by atoms with Gasteiger partial charge in [0.1, 0.15) is 0 Å². The molecule has 206 valence electrons. The van der Waals surface area contributed by atoms with Crippen molar-refractivity contribution in [2.75, 3.05) is 13.6 Å². The molecule has 4 rings (SSSR count). The minimum atomic E-state index is -3.48. The van der Waals surface area contributed by atoms with E-state index in [0.717, 1.165) is 11.1 Å². The van der Waals surface area contributed by atoms with E-state index in [9.17, 15) is 23.1 Å². The van der Waals surface area contributed by atoms with E-state index >= 15 is 0 Å². The maximum Gasteiger partial charge on any atom is 0.304 e. The Labute approximate surface area is 234 Å². The fourth-order valence-electron chi connectivity index (χ4n) is 5.61. The third-order valence-corrected chi connectivity index (χ3v) is 10.5. The highest BCUT2D eigenvalue weighted by molar-refractivity contribution is 7.90. The number of amides is 1. The molecule has 0 radical (unpaired) electrons. The Morgan fingerprint density at radius 2 is 1.84 bits per heavy atom. The van der Waals surface area contributed by atoms with Gasteiger partial charge in [-0.3, -0.25) is 14.6 Å². The molecule has 2 fully saturated rings. The van der Waals surface area contributed by atoms with Gasteiger partial charge in [-0.15, -0.1) is 0 Å². The predicted molar refractivity (Wildman–Crippen MR) is 147 cm³/mol. The predicted octanol–water partition coefficient (Wildman–Crippen LogP) is 5.13. The Morgan fingerprint density at radius 1 is 1.18 bits per heavy atom. The van der Waals surface area contributed by atoms with Crippen LogP contribution in [-0.4, -0.2) is 64.5 Å². The van der Waals surface area contributed by atoms with E-state index in [1.165, 1.54) is 10.5 Å². The van der Waals surface area contributed by atoms with Gasteiger partial charge in [0.15, 0.2) is 0 Å². The number of sulfonamides is 1. The number of carbonyl (C=O) groups excluding carboxylic acids is 1. The minimum absolute atomic E-state index is 0.106. The van der Waals surface area contributed by atoms with Crippen molar-refractivity contribution in [3.05, 3.63) is 63.9 Å². The molecule has 2 heterocycles. The summed E-state index contributed by atoms with van der Waals surface area (Å²) in [5.74, 6) is -1.73.